The SMILES string of the molecule is CCc1c(CC)n2[nH]cnc2c(C(=O)NCC(=O)O)c1=O. The van der Waals surface area contributed by atoms with E-state index in [2.05, 4.69) is 15.4 Å². The first-order valence-electron chi connectivity index (χ1n) is 6.61. The lowest BCUT2D eigenvalue weighted by atomic mass is 10.0. The molecule has 0 saturated carbocycles. The number of rotatable bonds is 5. The minimum atomic E-state index is -1.18. The van der Waals surface area contributed by atoms with Crippen molar-refractivity contribution in [1.82, 2.24) is 19.9 Å². The smallest absolute Gasteiger partial charge is 0.322 e. The fraction of sp³-hybridized carbons (Fsp3) is 0.385. The summed E-state index contributed by atoms with van der Waals surface area (Å²) in [6, 6.07) is 0. The Hall–Kier alpha value is -2.64. The van der Waals surface area contributed by atoms with Gasteiger partial charge < -0.3 is 10.4 Å². The second kappa shape index (κ2) is 5.78. The van der Waals surface area contributed by atoms with Crippen LogP contribution < -0.4 is 10.7 Å². The van der Waals surface area contributed by atoms with E-state index in [1.807, 2.05) is 13.8 Å². The molecule has 2 heterocycles. The Labute approximate surface area is 119 Å². The number of aromatic amines is 1. The van der Waals surface area contributed by atoms with Gasteiger partial charge in [0, 0.05) is 11.3 Å². The topological polar surface area (TPSA) is 117 Å². The number of hydrogen-bond donors (Lipinski definition) is 3. The van der Waals surface area contributed by atoms with E-state index in [1.54, 1.807) is 4.52 Å². The molecule has 2 aromatic heterocycles. The van der Waals surface area contributed by atoms with E-state index < -0.39 is 23.9 Å². The number of carboxylic acid groups (broad SMARTS) is 1. The summed E-state index contributed by atoms with van der Waals surface area (Å²) in [6.45, 7) is 3.19. The number of aryl methyl sites for hydroxylation is 1. The number of fused-ring (bicyclic) bond motifs is 1. The summed E-state index contributed by atoms with van der Waals surface area (Å²) in [5, 5.41) is 13.7. The number of aromatic nitrogens is 3. The van der Waals surface area contributed by atoms with Crippen LogP contribution in [0.15, 0.2) is 11.1 Å². The number of aliphatic carboxylic acids is 1. The third-order valence-electron chi connectivity index (χ3n) is 3.24. The maximum Gasteiger partial charge on any atom is 0.322 e. The summed E-state index contributed by atoms with van der Waals surface area (Å²) in [5.41, 5.74) is 0.970. The van der Waals surface area contributed by atoms with Gasteiger partial charge in [-0.05, 0) is 12.8 Å². The molecule has 0 bridgehead atoms. The lowest BCUT2D eigenvalue weighted by Crippen LogP contribution is -2.35. The Morgan fingerprint density at radius 2 is 2.10 bits per heavy atom. The molecule has 0 unspecified atom stereocenters. The molecular weight excluding hydrogens is 276 g/mol. The van der Waals surface area contributed by atoms with E-state index in [1.165, 1.54) is 6.33 Å². The zero-order valence-corrected chi connectivity index (χ0v) is 11.8. The number of pyridine rings is 1. The predicted molar refractivity (Wildman–Crippen MR) is 74.5 cm³/mol. The quantitative estimate of drug-likeness (QED) is 0.715. The first-order valence-corrected chi connectivity index (χ1v) is 6.61. The lowest BCUT2D eigenvalue weighted by molar-refractivity contribution is -0.135. The molecular formula is C13H16N4O4. The molecule has 0 aliphatic carbocycles. The zero-order valence-electron chi connectivity index (χ0n) is 11.8. The number of H-pyrrole nitrogens is 1. The number of carbonyl (C=O) groups excluding carboxylic acids is 1. The Morgan fingerprint density at radius 1 is 1.38 bits per heavy atom. The van der Waals surface area contributed by atoms with Crippen molar-refractivity contribution in [2.75, 3.05) is 6.54 Å². The van der Waals surface area contributed by atoms with Crippen LogP contribution in [-0.2, 0) is 17.6 Å². The predicted octanol–water partition coefficient (Wildman–Crippen LogP) is -0.0382. The second-order valence-corrected chi connectivity index (χ2v) is 4.46. The number of carbonyl (C=O) groups is 2. The molecule has 0 radical (unpaired) electrons. The molecule has 0 atom stereocenters. The molecule has 0 spiro atoms. The molecule has 21 heavy (non-hydrogen) atoms. The molecule has 2 aromatic rings. The van der Waals surface area contributed by atoms with Crippen LogP contribution in [0.4, 0.5) is 0 Å². The van der Waals surface area contributed by atoms with Gasteiger partial charge in [0.25, 0.3) is 5.91 Å². The van der Waals surface area contributed by atoms with Crippen LogP contribution in [0.25, 0.3) is 5.65 Å². The van der Waals surface area contributed by atoms with Gasteiger partial charge in [0.1, 0.15) is 18.4 Å². The van der Waals surface area contributed by atoms with Crippen LogP contribution in [0, 0.1) is 0 Å². The minimum absolute atomic E-state index is 0.133. The second-order valence-electron chi connectivity index (χ2n) is 4.46. The highest BCUT2D eigenvalue weighted by molar-refractivity contribution is 6.01. The molecule has 8 nitrogen and oxygen atoms in total. The van der Waals surface area contributed by atoms with Crippen molar-refractivity contribution in [3.05, 3.63) is 33.4 Å². The number of nitrogens with zero attached hydrogens (tertiary/aromatic N) is 2. The van der Waals surface area contributed by atoms with Crippen molar-refractivity contribution in [3.63, 3.8) is 0 Å². The van der Waals surface area contributed by atoms with Gasteiger partial charge in [-0.2, -0.15) is 0 Å². The van der Waals surface area contributed by atoms with Crippen molar-refractivity contribution in [2.24, 2.45) is 0 Å². The molecule has 1 amide bonds. The molecule has 0 aliphatic heterocycles. The largest absolute Gasteiger partial charge is 0.480 e. The zero-order chi connectivity index (χ0) is 15.6. The van der Waals surface area contributed by atoms with Crippen LogP contribution >= 0.6 is 0 Å². The molecule has 3 N–H and O–H groups in total. The van der Waals surface area contributed by atoms with Gasteiger partial charge in [-0.25, -0.2) is 9.50 Å². The summed E-state index contributed by atoms with van der Waals surface area (Å²) in [5.74, 6) is -1.91. The monoisotopic (exact) mass is 292 g/mol. The molecule has 8 heteroatoms. The van der Waals surface area contributed by atoms with Crippen molar-refractivity contribution in [3.8, 4) is 0 Å². The van der Waals surface area contributed by atoms with E-state index in [4.69, 9.17) is 5.11 Å². The Kier molecular flexibility index (Phi) is 4.06. The molecule has 2 rings (SSSR count). The standard InChI is InChI=1S/C13H16N4O4/c1-3-7-8(4-2)17-12(15-6-16-17)10(11(7)20)13(21)14-5-9(18)19/h6H,3-5H2,1-2H3,(H,14,21)(H,15,16)(H,18,19). The van der Waals surface area contributed by atoms with Crippen LogP contribution in [0.3, 0.4) is 0 Å². The summed E-state index contributed by atoms with van der Waals surface area (Å²) < 4.78 is 1.59. The third kappa shape index (κ3) is 2.51. The molecule has 112 valence electrons. The van der Waals surface area contributed by atoms with E-state index >= 15 is 0 Å². The molecule has 0 fully saturated rings. The fourth-order valence-corrected chi connectivity index (χ4v) is 2.35. The molecule has 0 aromatic carbocycles. The fourth-order valence-electron chi connectivity index (χ4n) is 2.35. The first kappa shape index (κ1) is 14.8. The van der Waals surface area contributed by atoms with Gasteiger partial charge in [-0.1, -0.05) is 13.8 Å². The average Bonchev–Trinajstić information content (AvgIpc) is 2.91. The van der Waals surface area contributed by atoms with Gasteiger partial charge in [-0.15, -0.1) is 0 Å². The summed E-state index contributed by atoms with van der Waals surface area (Å²) in [6.07, 6.45) is 2.48. The van der Waals surface area contributed by atoms with E-state index in [-0.39, 0.29) is 11.2 Å². The van der Waals surface area contributed by atoms with E-state index in [0.717, 1.165) is 5.69 Å². The normalized spacial score (nSPS) is 10.8. The average molecular weight is 292 g/mol. The van der Waals surface area contributed by atoms with Gasteiger partial charge >= 0.3 is 5.97 Å². The lowest BCUT2D eigenvalue weighted by Gasteiger charge is -2.11. The third-order valence-corrected chi connectivity index (χ3v) is 3.24. The molecule has 0 saturated heterocycles. The Balaban J connectivity index is 2.66. The number of amides is 1. The first-order chi connectivity index (χ1) is 10.0. The van der Waals surface area contributed by atoms with E-state index in [9.17, 15) is 14.4 Å². The maximum atomic E-state index is 12.5. The van der Waals surface area contributed by atoms with Crippen molar-refractivity contribution in [2.45, 2.75) is 26.7 Å². The van der Waals surface area contributed by atoms with Crippen molar-refractivity contribution < 1.29 is 14.7 Å². The van der Waals surface area contributed by atoms with Gasteiger partial charge in [0.15, 0.2) is 11.1 Å². The van der Waals surface area contributed by atoms with Crippen LogP contribution in [0.2, 0.25) is 0 Å². The number of hydrogen-bond acceptors (Lipinski definition) is 4. The molecule has 0 aliphatic rings. The summed E-state index contributed by atoms with van der Waals surface area (Å²) in [7, 11) is 0. The van der Waals surface area contributed by atoms with E-state index in [0.29, 0.717) is 18.4 Å². The number of carboxylic acids is 1. The summed E-state index contributed by atoms with van der Waals surface area (Å²) >= 11 is 0. The maximum absolute atomic E-state index is 12.5. The highest BCUT2D eigenvalue weighted by Crippen LogP contribution is 2.12. The van der Waals surface area contributed by atoms with Crippen LogP contribution in [0.1, 0.15) is 35.5 Å². The van der Waals surface area contributed by atoms with Crippen LogP contribution in [0.5, 0.6) is 0 Å². The number of nitrogens with one attached hydrogen (secondary N) is 2. The van der Waals surface area contributed by atoms with Gasteiger partial charge in [0.05, 0.1) is 0 Å². The van der Waals surface area contributed by atoms with Crippen LogP contribution in [-0.4, -0.2) is 38.1 Å². The van der Waals surface area contributed by atoms with Gasteiger partial charge in [-0.3, -0.25) is 19.5 Å². The van der Waals surface area contributed by atoms with Gasteiger partial charge in [0.2, 0.25) is 0 Å². The van der Waals surface area contributed by atoms with Crippen molar-refractivity contribution >= 4 is 17.5 Å². The highest BCUT2D eigenvalue weighted by atomic mass is 16.4. The summed E-state index contributed by atoms with van der Waals surface area (Å²) in [4.78, 5) is 39.2. The Bertz CT molecular complexity index is 759. The van der Waals surface area contributed by atoms with Crippen molar-refractivity contribution in [1.29, 1.82) is 0 Å². The highest BCUT2D eigenvalue weighted by Gasteiger charge is 2.22. The minimum Gasteiger partial charge on any atom is -0.480 e. The Morgan fingerprint density at radius 3 is 2.67 bits per heavy atom.